The predicted molar refractivity (Wildman–Crippen MR) is 120 cm³/mol. The summed E-state index contributed by atoms with van der Waals surface area (Å²) in [6, 6.07) is 9.76. The highest BCUT2D eigenvalue weighted by Gasteiger charge is 2.25. The van der Waals surface area contributed by atoms with Gasteiger partial charge < -0.3 is 10.1 Å². The number of fused-ring (bicyclic) bond motifs is 1. The first-order valence-electron chi connectivity index (χ1n) is 9.98. The van der Waals surface area contributed by atoms with Crippen molar-refractivity contribution in [3.63, 3.8) is 0 Å². The van der Waals surface area contributed by atoms with E-state index < -0.39 is 10.0 Å². The zero-order valence-electron chi connectivity index (χ0n) is 17.9. The van der Waals surface area contributed by atoms with Crippen LogP contribution in [-0.2, 0) is 21.4 Å². The molecule has 0 saturated carbocycles. The minimum absolute atomic E-state index is 0.0308. The molecule has 0 fully saturated rings. The van der Waals surface area contributed by atoms with E-state index in [1.54, 1.807) is 22.9 Å². The summed E-state index contributed by atoms with van der Waals surface area (Å²) in [6.45, 7) is 4.15. The predicted octanol–water partition coefficient (Wildman–Crippen LogP) is 2.85. The van der Waals surface area contributed by atoms with Gasteiger partial charge in [0.2, 0.25) is 10.0 Å². The number of nitrogens with zero attached hydrogens (tertiary/aromatic N) is 2. The van der Waals surface area contributed by atoms with Gasteiger partial charge in [-0.1, -0.05) is 6.07 Å². The second-order valence-corrected chi connectivity index (χ2v) is 9.49. The summed E-state index contributed by atoms with van der Waals surface area (Å²) in [4.78, 5) is 11.9. The number of amides is 1. The molecule has 1 aliphatic heterocycles. The molecule has 0 radical (unpaired) electrons. The number of benzene rings is 2. The third-order valence-electron chi connectivity index (χ3n) is 5.25. The van der Waals surface area contributed by atoms with E-state index >= 15 is 0 Å². The fourth-order valence-electron chi connectivity index (χ4n) is 3.86. The molecule has 2 N–H and O–H groups in total. The second kappa shape index (κ2) is 8.36. The van der Waals surface area contributed by atoms with Gasteiger partial charge in [-0.2, -0.15) is 5.10 Å². The number of hydrogen-bond donors (Lipinski definition) is 2. The van der Waals surface area contributed by atoms with Gasteiger partial charge >= 0.3 is 0 Å². The second-order valence-electron chi connectivity index (χ2n) is 7.65. The minimum Gasteiger partial charge on any atom is -0.482 e. The Morgan fingerprint density at radius 2 is 1.91 bits per heavy atom. The van der Waals surface area contributed by atoms with E-state index in [1.165, 1.54) is 12.1 Å². The van der Waals surface area contributed by atoms with E-state index in [-0.39, 0.29) is 31.4 Å². The molecule has 8 nitrogen and oxygen atoms in total. The standard InChI is InChI=1S/C22H23FN4O4S/c1-13-17(8-9-18-21(13)25-19(28)12-31-18)20-14(2)26-27(11-10-24-32(3,29)30)22(20)15-4-6-16(23)7-5-15/h4-9,24H,10-12H2,1-3H3,(H,25,28). The summed E-state index contributed by atoms with van der Waals surface area (Å²) in [6.07, 6.45) is 1.10. The monoisotopic (exact) mass is 458 g/mol. The lowest BCUT2D eigenvalue weighted by molar-refractivity contribution is -0.118. The average Bonchev–Trinajstić information content (AvgIpc) is 3.04. The molecule has 0 bridgehead atoms. The fourth-order valence-corrected chi connectivity index (χ4v) is 4.32. The van der Waals surface area contributed by atoms with Crippen molar-refractivity contribution in [1.82, 2.24) is 14.5 Å². The molecule has 0 unspecified atom stereocenters. The van der Waals surface area contributed by atoms with Crippen molar-refractivity contribution >= 4 is 21.6 Å². The molecule has 0 aliphatic carbocycles. The van der Waals surface area contributed by atoms with Gasteiger partial charge in [-0.15, -0.1) is 0 Å². The molecule has 2 aromatic carbocycles. The number of halogens is 1. The topological polar surface area (TPSA) is 102 Å². The van der Waals surface area contributed by atoms with E-state index in [4.69, 9.17) is 4.74 Å². The summed E-state index contributed by atoms with van der Waals surface area (Å²) < 4.78 is 46.3. The summed E-state index contributed by atoms with van der Waals surface area (Å²) in [5.74, 6) is 0.00834. The maximum absolute atomic E-state index is 13.6. The van der Waals surface area contributed by atoms with Crippen molar-refractivity contribution in [2.45, 2.75) is 20.4 Å². The molecule has 3 aromatic rings. The maximum atomic E-state index is 13.6. The van der Waals surface area contributed by atoms with E-state index in [9.17, 15) is 17.6 Å². The van der Waals surface area contributed by atoms with Crippen molar-refractivity contribution in [2.75, 3.05) is 24.7 Å². The molecule has 2 heterocycles. The molecule has 0 atom stereocenters. The van der Waals surface area contributed by atoms with E-state index in [2.05, 4.69) is 15.1 Å². The molecule has 1 aliphatic rings. The Morgan fingerprint density at radius 3 is 2.59 bits per heavy atom. The van der Waals surface area contributed by atoms with Crippen LogP contribution in [-0.4, -0.2) is 43.5 Å². The Morgan fingerprint density at radius 1 is 1.19 bits per heavy atom. The SMILES string of the molecule is Cc1nn(CCNS(C)(=O)=O)c(-c2ccc(F)cc2)c1-c1ccc2c(c1C)NC(=O)CO2. The molecule has 168 valence electrons. The molecule has 1 aromatic heterocycles. The van der Waals surface area contributed by atoms with Crippen LogP contribution in [0.15, 0.2) is 36.4 Å². The van der Waals surface area contributed by atoms with Gasteiger partial charge in [-0.25, -0.2) is 17.5 Å². The van der Waals surface area contributed by atoms with Gasteiger partial charge in [-0.3, -0.25) is 9.48 Å². The highest BCUT2D eigenvalue weighted by atomic mass is 32.2. The first-order valence-corrected chi connectivity index (χ1v) is 11.9. The van der Waals surface area contributed by atoms with Crippen LogP contribution < -0.4 is 14.8 Å². The number of carbonyl (C=O) groups is 1. The lowest BCUT2D eigenvalue weighted by atomic mass is 9.94. The van der Waals surface area contributed by atoms with Crippen LogP contribution in [0.1, 0.15) is 11.3 Å². The minimum atomic E-state index is -3.35. The number of rotatable bonds is 6. The van der Waals surface area contributed by atoms with Crippen LogP contribution in [0.25, 0.3) is 22.4 Å². The zero-order valence-corrected chi connectivity index (χ0v) is 18.7. The van der Waals surface area contributed by atoms with Crippen molar-refractivity contribution < 1.29 is 22.3 Å². The van der Waals surface area contributed by atoms with Gasteiger partial charge in [0.25, 0.3) is 5.91 Å². The third-order valence-corrected chi connectivity index (χ3v) is 5.98. The van der Waals surface area contributed by atoms with Crippen LogP contribution in [0.2, 0.25) is 0 Å². The van der Waals surface area contributed by atoms with Crippen molar-refractivity contribution in [3.8, 4) is 28.1 Å². The van der Waals surface area contributed by atoms with Crippen molar-refractivity contribution in [2.24, 2.45) is 0 Å². The first-order chi connectivity index (χ1) is 15.1. The van der Waals surface area contributed by atoms with Gasteiger partial charge in [0.15, 0.2) is 6.61 Å². The number of nitrogens with one attached hydrogen (secondary N) is 2. The molecule has 1 amide bonds. The fraction of sp³-hybridized carbons (Fsp3) is 0.273. The average molecular weight is 459 g/mol. The molecule has 0 spiro atoms. The molecule has 10 heteroatoms. The van der Waals surface area contributed by atoms with Gasteiger partial charge in [0, 0.05) is 17.7 Å². The molecule has 32 heavy (non-hydrogen) atoms. The van der Waals surface area contributed by atoms with Crippen molar-refractivity contribution in [1.29, 1.82) is 0 Å². The maximum Gasteiger partial charge on any atom is 0.262 e. The molecule has 4 rings (SSSR count). The zero-order chi connectivity index (χ0) is 23.0. The number of hydrogen-bond acceptors (Lipinski definition) is 5. The Bertz CT molecular complexity index is 1300. The van der Waals surface area contributed by atoms with Crippen LogP contribution in [0, 0.1) is 19.7 Å². The number of anilines is 1. The Labute approximate surface area is 185 Å². The highest BCUT2D eigenvalue weighted by molar-refractivity contribution is 7.88. The number of ether oxygens (including phenoxy) is 1. The third kappa shape index (κ3) is 4.37. The number of sulfonamides is 1. The largest absolute Gasteiger partial charge is 0.482 e. The Kier molecular flexibility index (Phi) is 5.74. The molecular weight excluding hydrogens is 435 g/mol. The Hall–Kier alpha value is -3.24. The van der Waals surface area contributed by atoms with E-state index in [0.29, 0.717) is 11.4 Å². The van der Waals surface area contributed by atoms with Crippen LogP contribution in [0.5, 0.6) is 5.75 Å². The molecular formula is C22H23FN4O4S. The summed E-state index contributed by atoms with van der Waals surface area (Å²) in [7, 11) is -3.35. The summed E-state index contributed by atoms with van der Waals surface area (Å²) in [5.41, 5.74) is 5.26. The van der Waals surface area contributed by atoms with Crippen molar-refractivity contribution in [3.05, 3.63) is 53.5 Å². The first kappa shape index (κ1) is 22.0. The quantitative estimate of drug-likeness (QED) is 0.591. The van der Waals surface area contributed by atoms with E-state index in [1.807, 2.05) is 19.9 Å². The number of aryl methyl sites for hydroxylation is 1. The number of aromatic nitrogens is 2. The summed E-state index contributed by atoms with van der Waals surface area (Å²) in [5, 5.41) is 7.51. The normalized spacial score (nSPS) is 13.4. The van der Waals surface area contributed by atoms with Gasteiger partial charge in [0.05, 0.1) is 29.9 Å². The van der Waals surface area contributed by atoms with E-state index in [0.717, 1.165) is 39.9 Å². The summed E-state index contributed by atoms with van der Waals surface area (Å²) >= 11 is 0. The van der Waals surface area contributed by atoms with Crippen LogP contribution in [0.3, 0.4) is 0 Å². The van der Waals surface area contributed by atoms with Gasteiger partial charge in [0.1, 0.15) is 11.6 Å². The lowest BCUT2D eigenvalue weighted by Gasteiger charge is -2.22. The highest BCUT2D eigenvalue weighted by Crippen LogP contribution is 2.42. The smallest absolute Gasteiger partial charge is 0.262 e. The van der Waals surface area contributed by atoms with Gasteiger partial charge in [-0.05, 0) is 55.3 Å². The Balaban J connectivity index is 1.86. The van der Waals surface area contributed by atoms with Crippen LogP contribution >= 0.6 is 0 Å². The molecule has 0 saturated heterocycles. The number of carbonyl (C=O) groups excluding carboxylic acids is 1. The van der Waals surface area contributed by atoms with Crippen LogP contribution in [0.4, 0.5) is 10.1 Å². The lowest BCUT2D eigenvalue weighted by Crippen LogP contribution is -2.26.